The number of rotatable bonds is 7. The monoisotopic (exact) mass is 226 g/mol. The first-order valence-corrected chi connectivity index (χ1v) is 5.61. The number of nitrogens with zero attached hydrogens (tertiary/aromatic N) is 2. The van der Waals surface area contributed by atoms with Gasteiger partial charge in [-0.2, -0.15) is 5.26 Å². The second kappa shape index (κ2) is 7.35. The maximum absolute atomic E-state index is 8.48. The van der Waals surface area contributed by atoms with Gasteiger partial charge in [0.25, 0.3) is 0 Å². The Morgan fingerprint density at radius 3 is 3.07 bits per heavy atom. The Balaban J connectivity index is 2.17. The van der Waals surface area contributed by atoms with Crippen LogP contribution in [0.25, 0.3) is 0 Å². The van der Waals surface area contributed by atoms with E-state index in [9.17, 15) is 0 Å². The van der Waals surface area contributed by atoms with Gasteiger partial charge >= 0.3 is 0 Å². The molecule has 0 unspecified atom stereocenters. The van der Waals surface area contributed by atoms with E-state index >= 15 is 0 Å². The third-order valence-electron chi connectivity index (χ3n) is 1.75. The van der Waals surface area contributed by atoms with Crippen LogP contribution in [-0.2, 0) is 22.3 Å². The van der Waals surface area contributed by atoms with Crippen LogP contribution in [-0.4, -0.2) is 31.9 Å². The lowest BCUT2D eigenvalue weighted by Crippen LogP contribution is -2.04. The first kappa shape index (κ1) is 12.1. The molecule has 0 aliphatic heterocycles. The Bertz CT molecular complexity index is 319. The first-order chi connectivity index (χ1) is 7.36. The minimum absolute atomic E-state index is 0.390. The zero-order chi connectivity index (χ0) is 10.9. The van der Waals surface area contributed by atoms with Crippen molar-refractivity contribution in [1.82, 2.24) is 4.98 Å². The second-order valence-electron chi connectivity index (χ2n) is 2.92. The molecule has 1 rings (SSSR count). The molecular formula is C10H14N2O2S. The molecule has 4 nitrogen and oxygen atoms in total. The Morgan fingerprint density at radius 2 is 2.33 bits per heavy atom. The Hall–Kier alpha value is -0.960. The molecule has 0 saturated carbocycles. The van der Waals surface area contributed by atoms with Gasteiger partial charge < -0.3 is 9.47 Å². The molecule has 1 aromatic rings. The smallest absolute Gasteiger partial charge is 0.0951 e. The fourth-order valence-corrected chi connectivity index (χ4v) is 1.81. The summed E-state index contributed by atoms with van der Waals surface area (Å²) in [5.74, 6) is 0. The van der Waals surface area contributed by atoms with Crippen LogP contribution >= 0.6 is 11.3 Å². The summed E-state index contributed by atoms with van der Waals surface area (Å²) in [5.41, 5.74) is 0.856. The molecule has 0 aromatic carbocycles. The maximum atomic E-state index is 8.48. The number of ether oxygens (including phenoxy) is 2. The third-order valence-corrected chi connectivity index (χ3v) is 2.71. The Morgan fingerprint density at radius 1 is 1.47 bits per heavy atom. The lowest BCUT2D eigenvalue weighted by molar-refractivity contribution is 0.0722. The summed E-state index contributed by atoms with van der Waals surface area (Å²) < 4.78 is 10.2. The second-order valence-corrected chi connectivity index (χ2v) is 3.87. The van der Waals surface area contributed by atoms with Crippen LogP contribution in [0, 0.1) is 11.3 Å². The highest BCUT2D eigenvalue weighted by atomic mass is 32.1. The molecule has 0 radical (unpaired) electrons. The molecule has 0 amide bonds. The first-order valence-electron chi connectivity index (χ1n) is 4.73. The fraction of sp³-hybridized carbons (Fsp3) is 0.600. The molecule has 0 saturated heterocycles. The van der Waals surface area contributed by atoms with E-state index in [-0.39, 0.29) is 0 Å². The summed E-state index contributed by atoms with van der Waals surface area (Å²) in [6.45, 7) is 1.90. The number of methoxy groups -OCH3 is 1. The van der Waals surface area contributed by atoms with Crippen molar-refractivity contribution in [1.29, 1.82) is 5.26 Å². The van der Waals surface area contributed by atoms with Crippen molar-refractivity contribution in [3.63, 3.8) is 0 Å². The zero-order valence-corrected chi connectivity index (χ0v) is 9.55. The van der Waals surface area contributed by atoms with Crippen LogP contribution < -0.4 is 0 Å². The molecule has 0 aliphatic carbocycles. The molecule has 0 atom stereocenters. The Labute approximate surface area is 93.5 Å². The zero-order valence-electron chi connectivity index (χ0n) is 8.73. The van der Waals surface area contributed by atoms with Crippen molar-refractivity contribution in [2.24, 2.45) is 0 Å². The lowest BCUT2D eigenvalue weighted by atomic mass is 10.4. The average Bonchev–Trinajstić information content (AvgIpc) is 2.66. The predicted octanol–water partition coefficient (Wildman–Crippen LogP) is 1.41. The summed E-state index contributed by atoms with van der Waals surface area (Å²) in [6, 6.07) is 2.08. The van der Waals surface area contributed by atoms with E-state index in [1.807, 2.05) is 5.38 Å². The molecule has 82 valence electrons. The average molecular weight is 226 g/mol. The van der Waals surface area contributed by atoms with Crippen molar-refractivity contribution in [3.05, 3.63) is 16.1 Å². The van der Waals surface area contributed by atoms with E-state index in [0.717, 1.165) is 17.1 Å². The molecule has 1 heterocycles. The summed E-state index contributed by atoms with van der Waals surface area (Å²) in [4.78, 5) is 4.30. The number of hydrogen-bond donors (Lipinski definition) is 0. The minimum atomic E-state index is 0.390. The van der Waals surface area contributed by atoms with Gasteiger partial charge in [-0.3, -0.25) is 0 Å². The summed E-state index contributed by atoms with van der Waals surface area (Å²) in [7, 11) is 1.65. The lowest BCUT2D eigenvalue weighted by Gasteiger charge is -2.00. The topological polar surface area (TPSA) is 55.1 Å². The van der Waals surface area contributed by atoms with E-state index in [1.54, 1.807) is 18.4 Å². The van der Waals surface area contributed by atoms with Gasteiger partial charge in [-0.1, -0.05) is 0 Å². The molecule has 0 aliphatic rings. The molecular weight excluding hydrogens is 212 g/mol. The van der Waals surface area contributed by atoms with E-state index in [4.69, 9.17) is 14.7 Å². The Kier molecular flexibility index (Phi) is 5.93. The van der Waals surface area contributed by atoms with Crippen molar-refractivity contribution in [2.45, 2.75) is 12.8 Å². The van der Waals surface area contributed by atoms with Gasteiger partial charge in [0.05, 0.1) is 43.0 Å². The van der Waals surface area contributed by atoms with E-state index in [0.29, 0.717) is 26.2 Å². The number of hydrogen-bond acceptors (Lipinski definition) is 5. The summed E-state index contributed by atoms with van der Waals surface area (Å²) >= 11 is 1.58. The summed E-state index contributed by atoms with van der Waals surface area (Å²) in [6.07, 6.45) is 1.20. The standard InChI is InChI=1S/C10H14N2O2S/c1-13-6-7-14-5-3-10-12-9(2-4-11)8-15-10/h8H,2-3,5-7H2,1H3. The van der Waals surface area contributed by atoms with Gasteiger partial charge in [0.15, 0.2) is 0 Å². The highest BCUT2D eigenvalue weighted by Crippen LogP contribution is 2.10. The molecule has 0 fully saturated rings. The molecule has 15 heavy (non-hydrogen) atoms. The molecule has 0 N–H and O–H groups in total. The van der Waals surface area contributed by atoms with E-state index in [1.165, 1.54) is 0 Å². The van der Waals surface area contributed by atoms with Crippen molar-refractivity contribution in [3.8, 4) is 6.07 Å². The summed E-state index contributed by atoms with van der Waals surface area (Å²) in [5, 5.41) is 11.4. The quantitative estimate of drug-likeness (QED) is 0.660. The van der Waals surface area contributed by atoms with Gasteiger partial charge in [-0.25, -0.2) is 4.98 Å². The number of nitriles is 1. The van der Waals surface area contributed by atoms with E-state index < -0.39 is 0 Å². The van der Waals surface area contributed by atoms with Crippen LogP contribution in [0.1, 0.15) is 10.7 Å². The van der Waals surface area contributed by atoms with Crippen LogP contribution in [0.4, 0.5) is 0 Å². The van der Waals surface area contributed by atoms with Crippen molar-refractivity contribution >= 4 is 11.3 Å². The molecule has 0 bridgehead atoms. The van der Waals surface area contributed by atoms with Gasteiger partial charge in [0.1, 0.15) is 0 Å². The maximum Gasteiger partial charge on any atom is 0.0951 e. The highest BCUT2D eigenvalue weighted by Gasteiger charge is 2.01. The molecule has 5 heteroatoms. The largest absolute Gasteiger partial charge is 0.382 e. The van der Waals surface area contributed by atoms with Gasteiger partial charge in [0.2, 0.25) is 0 Å². The van der Waals surface area contributed by atoms with Crippen LogP contribution in [0.3, 0.4) is 0 Å². The van der Waals surface area contributed by atoms with Crippen LogP contribution in [0.2, 0.25) is 0 Å². The van der Waals surface area contributed by atoms with Crippen molar-refractivity contribution in [2.75, 3.05) is 26.9 Å². The van der Waals surface area contributed by atoms with Crippen molar-refractivity contribution < 1.29 is 9.47 Å². The number of thiazole rings is 1. The number of aromatic nitrogens is 1. The van der Waals surface area contributed by atoms with Gasteiger partial charge in [0, 0.05) is 18.9 Å². The van der Waals surface area contributed by atoms with E-state index in [2.05, 4.69) is 11.1 Å². The van der Waals surface area contributed by atoms with Gasteiger partial charge in [-0.05, 0) is 0 Å². The predicted molar refractivity (Wildman–Crippen MR) is 57.8 cm³/mol. The highest BCUT2D eigenvalue weighted by molar-refractivity contribution is 7.09. The SMILES string of the molecule is COCCOCCc1nc(CC#N)cs1. The van der Waals surface area contributed by atoms with Crippen LogP contribution in [0.5, 0.6) is 0 Å². The van der Waals surface area contributed by atoms with Crippen LogP contribution in [0.15, 0.2) is 5.38 Å². The molecule has 1 aromatic heterocycles. The van der Waals surface area contributed by atoms with Gasteiger partial charge in [-0.15, -0.1) is 11.3 Å². The minimum Gasteiger partial charge on any atom is -0.382 e. The molecule has 0 spiro atoms. The normalized spacial score (nSPS) is 10.1. The third kappa shape index (κ3) is 4.88. The fourth-order valence-electron chi connectivity index (χ4n) is 1.03.